The molecule has 1 aromatic heterocycles. The van der Waals surface area contributed by atoms with Crippen molar-refractivity contribution in [1.82, 2.24) is 9.88 Å². The van der Waals surface area contributed by atoms with Gasteiger partial charge in [-0.1, -0.05) is 17.2 Å². The minimum absolute atomic E-state index is 0.166. The van der Waals surface area contributed by atoms with Crippen LogP contribution in [0.2, 0.25) is 5.02 Å². The number of allylic oxidation sites excluding steroid dienone is 1. The summed E-state index contributed by atoms with van der Waals surface area (Å²) in [6, 6.07) is 5.22. The standard InChI is InChI=1S/C19H23ClN2O3/c1-13(2)11-14-12-16(23)15-3-4-17(18(20)19(15)21-14)25-10-7-22-5-8-24-9-6-22/h3-4,11-12H,5-10H2,1-2H3,(H,21,23). The van der Waals surface area contributed by atoms with E-state index in [1.54, 1.807) is 18.2 Å². The summed E-state index contributed by atoms with van der Waals surface area (Å²) in [6.45, 7) is 8.73. The highest BCUT2D eigenvalue weighted by Gasteiger charge is 2.14. The summed E-state index contributed by atoms with van der Waals surface area (Å²) in [4.78, 5) is 6.86. The van der Waals surface area contributed by atoms with Gasteiger partial charge in [0.2, 0.25) is 0 Å². The fourth-order valence-electron chi connectivity index (χ4n) is 2.83. The van der Waals surface area contributed by atoms with Gasteiger partial charge in [-0.05, 0) is 32.1 Å². The molecule has 3 rings (SSSR count). The quantitative estimate of drug-likeness (QED) is 0.878. The molecule has 25 heavy (non-hydrogen) atoms. The Morgan fingerprint density at radius 2 is 2.12 bits per heavy atom. The lowest BCUT2D eigenvalue weighted by Gasteiger charge is -2.26. The summed E-state index contributed by atoms with van der Waals surface area (Å²) in [5.74, 6) is 0.753. The zero-order chi connectivity index (χ0) is 17.8. The number of fused-ring (bicyclic) bond motifs is 1. The molecule has 0 unspecified atom stereocenters. The van der Waals surface area contributed by atoms with Gasteiger partial charge in [0.05, 0.1) is 24.4 Å². The third-order valence-corrected chi connectivity index (χ3v) is 4.45. The summed E-state index contributed by atoms with van der Waals surface area (Å²) in [7, 11) is 0. The molecule has 5 nitrogen and oxygen atoms in total. The minimum atomic E-state index is 0.166. The van der Waals surface area contributed by atoms with Crippen molar-refractivity contribution in [2.75, 3.05) is 39.5 Å². The molecule has 6 heteroatoms. The molecule has 1 aliphatic heterocycles. The number of pyridine rings is 1. The summed E-state index contributed by atoms with van der Waals surface area (Å²) >= 11 is 6.49. The molecule has 0 atom stereocenters. The Morgan fingerprint density at radius 3 is 2.84 bits per heavy atom. The fraction of sp³-hybridized carbons (Fsp3) is 0.421. The van der Waals surface area contributed by atoms with Gasteiger partial charge >= 0.3 is 0 Å². The van der Waals surface area contributed by atoms with Crippen LogP contribution in [0.3, 0.4) is 0 Å². The van der Waals surface area contributed by atoms with Crippen molar-refractivity contribution in [3.05, 3.63) is 34.5 Å². The van der Waals surface area contributed by atoms with E-state index >= 15 is 0 Å². The number of nitrogens with zero attached hydrogens (tertiary/aromatic N) is 2. The lowest BCUT2D eigenvalue weighted by Crippen LogP contribution is -2.38. The molecular weight excluding hydrogens is 340 g/mol. The molecule has 0 radical (unpaired) electrons. The monoisotopic (exact) mass is 362 g/mol. The highest BCUT2D eigenvalue weighted by molar-refractivity contribution is 6.36. The number of halogens is 1. The van der Waals surface area contributed by atoms with Crippen LogP contribution in [0.5, 0.6) is 11.5 Å². The van der Waals surface area contributed by atoms with Crippen LogP contribution < -0.4 is 4.74 Å². The summed E-state index contributed by atoms with van der Waals surface area (Å²) in [6.07, 6.45) is 1.90. The Morgan fingerprint density at radius 1 is 1.36 bits per heavy atom. The van der Waals surface area contributed by atoms with E-state index in [-0.39, 0.29) is 5.75 Å². The number of hydrogen-bond donors (Lipinski definition) is 1. The smallest absolute Gasteiger partial charge is 0.140 e. The first kappa shape index (κ1) is 18.0. The number of hydrogen-bond acceptors (Lipinski definition) is 5. The molecule has 2 heterocycles. The van der Waals surface area contributed by atoms with Gasteiger partial charge in [0.25, 0.3) is 0 Å². The Labute approximate surface area is 152 Å². The van der Waals surface area contributed by atoms with E-state index < -0.39 is 0 Å². The predicted octanol–water partition coefficient (Wildman–Crippen LogP) is 3.73. The van der Waals surface area contributed by atoms with Crippen LogP contribution >= 0.6 is 11.6 Å². The van der Waals surface area contributed by atoms with Gasteiger partial charge in [-0.2, -0.15) is 0 Å². The molecule has 0 amide bonds. The maximum Gasteiger partial charge on any atom is 0.140 e. The van der Waals surface area contributed by atoms with Crippen LogP contribution in [-0.4, -0.2) is 54.4 Å². The van der Waals surface area contributed by atoms with Crippen LogP contribution in [0.15, 0.2) is 23.8 Å². The fourth-order valence-corrected chi connectivity index (χ4v) is 3.09. The van der Waals surface area contributed by atoms with E-state index in [1.165, 1.54) is 0 Å². The van der Waals surface area contributed by atoms with Gasteiger partial charge in [0.1, 0.15) is 23.1 Å². The number of morpholine rings is 1. The van der Waals surface area contributed by atoms with Crippen LogP contribution in [0, 0.1) is 0 Å². The molecule has 1 fully saturated rings. The second-order valence-corrected chi connectivity index (χ2v) is 6.74. The molecule has 1 N–H and O–H groups in total. The maximum atomic E-state index is 10.2. The molecule has 1 aromatic carbocycles. The van der Waals surface area contributed by atoms with Crippen molar-refractivity contribution in [3.63, 3.8) is 0 Å². The average Bonchev–Trinajstić information content (AvgIpc) is 2.58. The van der Waals surface area contributed by atoms with E-state index in [9.17, 15) is 5.11 Å². The highest BCUT2D eigenvalue weighted by Crippen LogP contribution is 2.36. The second-order valence-electron chi connectivity index (χ2n) is 6.36. The third kappa shape index (κ3) is 4.42. The molecule has 0 spiro atoms. The van der Waals surface area contributed by atoms with Crippen molar-refractivity contribution < 1.29 is 14.6 Å². The molecule has 0 saturated carbocycles. The topological polar surface area (TPSA) is 54.8 Å². The number of aromatic hydroxyl groups is 1. The molecule has 0 aliphatic carbocycles. The number of benzene rings is 1. The van der Waals surface area contributed by atoms with Gasteiger partial charge in [0, 0.05) is 31.1 Å². The third-order valence-electron chi connectivity index (χ3n) is 4.09. The van der Waals surface area contributed by atoms with Crippen LogP contribution in [0.25, 0.3) is 17.0 Å². The first-order valence-corrected chi connectivity index (χ1v) is 8.82. The van der Waals surface area contributed by atoms with E-state index in [2.05, 4.69) is 9.88 Å². The normalized spacial score (nSPS) is 15.3. The Bertz CT molecular complexity index is 782. The molecule has 0 bridgehead atoms. The maximum absolute atomic E-state index is 10.2. The van der Waals surface area contributed by atoms with Crippen molar-refractivity contribution in [3.8, 4) is 11.5 Å². The summed E-state index contributed by atoms with van der Waals surface area (Å²) in [5, 5.41) is 11.3. The first-order chi connectivity index (χ1) is 12.0. The van der Waals surface area contributed by atoms with Gasteiger partial charge in [-0.15, -0.1) is 0 Å². The Kier molecular flexibility index (Phi) is 5.78. The summed E-state index contributed by atoms with van der Waals surface area (Å²) < 4.78 is 11.2. The van der Waals surface area contributed by atoms with E-state index in [4.69, 9.17) is 21.1 Å². The van der Waals surface area contributed by atoms with Gasteiger partial charge in [-0.3, -0.25) is 4.90 Å². The van der Waals surface area contributed by atoms with Crippen LogP contribution in [0.4, 0.5) is 0 Å². The minimum Gasteiger partial charge on any atom is -0.507 e. The van der Waals surface area contributed by atoms with Crippen molar-refractivity contribution >= 4 is 28.6 Å². The Balaban J connectivity index is 1.79. The average molecular weight is 363 g/mol. The van der Waals surface area contributed by atoms with Crippen LogP contribution in [-0.2, 0) is 4.74 Å². The van der Waals surface area contributed by atoms with Crippen LogP contribution in [0.1, 0.15) is 19.5 Å². The molecule has 134 valence electrons. The van der Waals surface area contributed by atoms with E-state index in [0.29, 0.717) is 34.0 Å². The zero-order valence-electron chi connectivity index (χ0n) is 14.6. The highest BCUT2D eigenvalue weighted by atomic mass is 35.5. The Hall–Kier alpha value is -1.82. The SMILES string of the molecule is CC(C)=Cc1cc(O)c2ccc(OCCN3CCOCC3)c(Cl)c2n1. The zero-order valence-corrected chi connectivity index (χ0v) is 15.3. The number of ether oxygens (including phenoxy) is 2. The lowest BCUT2D eigenvalue weighted by molar-refractivity contribution is 0.0322. The number of rotatable bonds is 5. The molecule has 2 aromatic rings. The van der Waals surface area contributed by atoms with Gasteiger partial charge < -0.3 is 14.6 Å². The summed E-state index contributed by atoms with van der Waals surface area (Å²) in [5.41, 5.74) is 2.33. The first-order valence-electron chi connectivity index (χ1n) is 8.44. The molecular formula is C19H23ClN2O3. The van der Waals surface area contributed by atoms with Crippen molar-refractivity contribution in [1.29, 1.82) is 0 Å². The largest absolute Gasteiger partial charge is 0.507 e. The molecule has 1 aliphatic rings. The van der Waals surface area contributed by atoms with Gasteiger partial charge in [-0.25, -0.2) is 4.98 Å². The van der Waals surface area contributed by atoms with E-state index in [0.717, 1.165) is 38.4 Å². The molecule has 1 saturated heterocycles. The lowest BCUT2D eigenvalue weighted by atomic mass is 10.1. The van der Waals surface area contributed by atoms with Crippen molar-refractivity contribution in [2.45, 2.75) is 13.8 Å². The predicted molar refractivity (Wildman–Crippen MR) is 100 cm³/mol. The van der Waals surface area contributed by atoms with Crippen molar-refractivity contribution in [2.24, 2.45) is 0 Å². The van der Waals surface area contributed by atoms with E-state index in [1.807, 2.05) is 19.9 Å². The second kappa shape index (κ2) is 8.04. The number of aromatic nitrogens is 1. The van der Waals surface area contributed by atoms with Gasteiger partial charge in [0.15, 0.2) is 0 Å².